The fourth-order valence-corrected chi connectivity index (χ4v) is 1.46. The van der Waals surface area contributed by atoms with Crippen LogP contribution in [0.15, 0.2) is 47.1 Å². The number of carbonyl (C=O) groups is 1. The fraction of sp³-hybridized carbons (Fsp3) is 0.143. The molecule has 2 rings (SSSR count). The predicted molar refractivity (Wildman–Crippen MR) is 63.8 cm³/mol. The van der Waals surface area contributed by atoms with Gasteiger partial charge in [-0.2, -0.15) is 5.26 Å². The van der Waals surface area contributed by atoms with Crippen LogP contribution in [0.4, 0.5) is 0 Å². The molecular weight excluding hydrogens is 230 g/mol. The van der Waals surface area contributed by atoms with Crippen molar-refractivity contribution in [2.24, 2.45) is 0 Å². The number of hydrogen-bond acceptors (Lipinski definition) is 4. The molecule has 18 heavy (non-hydrogen) atoms. The van der Waals surface area contributed by atoms with Crippen LogP contribution in [0.3, 0.4) is 0 Å². The van der Waals surface area contributed by atoms with E-state index in [1.165, 1.54) is 0 Å². The third-order valence-corrected chi connectivity index (χ3v) is 2.37. The second-order valence-corrected chi connectivity index (χ2v) is 3.69. The first-order chi connectivity index (χ1) is 8.78. The minimum atomic E-state index is -0.323. The van der Waals surface area contributed by atoms with Crippen LogP contribution >= 0.6 is 0 Å². The number of hydrogen-bond donors (Lipinski definition) is 0. The lowest BCUT2D eigenvalue weighted by Gasteiger charge is -2.03. The zero-order valence-electron chi connectivity index (χ0n) is 9.63. The van der Waals surface area contributed by atoms with Crippen LogP contribution in [0.25, 0.3) is 0 Å². The van der Waals surface area contributed by atoms with Crippen LogP contribution in [0, 0.1) is 11.3 Å². The van der Waals surface area contributed by atoms with Gasteiger partial charge in [-0.1, -0.05) is 0 Å². The van der Waals surface area contributed by atoms with Gasteiger partial charge < -0.3 is 9.15 Å². The van der Waals surface area contributed by atoms with E-state index in [2.05, 4.69) is 0 Å². The van der Waals surface area contributed by atoms with Crippen molar-refractivity contribution >= 4 is 5.97 Å². The Balaban J connectivity index is 1.85. The first-order valence-corrected chi connectivity index (χ1v) is 5.51. The number of nitriles is 1. The van der Waals surface area contributed by atoms with Crippen molar-refractivity contribution in [3.8, 4) is 11.8 Å². The Hall–Kier alpha value is -2.54. The number of benzene rings is 1. The highest BCUT2D eigenvalue weighted by molar-refractivity contribution is 5.72. The molecule has 0 aliphatic heterocycles. The lowest BCUT2D eigenvalue weighted by Crippen LogP contribution is -2.08. The van der Waals surface area contributed by atoms with E-state index < -0.39 is 0 Å². The fourth-order valence-electron chi connectivity index (χ4n) is 1.46. The van der Waals surface area contributed by atoms with Crippen LogP contribution in [0.5, 0.6) is 5.75 Å². The van der Waals surface area contributed by atoms with Crippen LogP contribution < -0.4 is 4.74 Å². The Kier molecular flexibility index (Phi) is 3.77. The molecule has 2 aromatic rings. The average Bonchev–Trinajstić information content (AvgIpc) is 2.90. The molecule has 0 bridgehead atoms. The predicted octanol–water partition coefficient (Wildman–Crippen LogP) is 2.69. The molecule has 4 nitrogen and oxygen atoms in total. The highest BCUT2D eigenvalue weighted by Gasteiger charge is 2.06. The van der Waals surface area contributed by atoms with Crippen molar-refractivity contribution in [3.05, 3.63) is 54.0 Å². The summed E-state index contributed by atoms with van der Waals surface area (Å²) in [6.07, 6.45) is 2.34. The summed E-state index contributed by atoms with van der Waals surface area (Å²) in [6, 6.07) is 12.0. The van der Waals surface area contributed by atoms with E-state index in [9.17, 15) is 4.79 Å². The molecule has 0 aliphatic carbocycles. The standard InChI is InChI=1S/C14H11NO3/c15-10-11-3-5-13(6-4-11)18-14(16)8-7-12-2-1-9-17-12/h1-6,9H,7-8H2. The first-order valence-electron chi connectivity index (χ1n) is 5.51. The Morgan fingerprint density at radius 3 is 2.67 bits per heavy atom. The highest BCUT2D eigenvalue weighted by atomic mass is 16.5. The molecule has 0 amide bonds. The maximum Gasteiger partial charge on any atom is 0.311 e. The summed E-state index contributed by atoms with van der Waals surface area (Å²) in [7, 11) is 0. The van der Waals surface area contributed by atoms with Gasteiger partial charge in [-0.25, -0.2) is 0 Å². The van der Waals surface area contributed by atoms with E-state index in [1.54, 1.807) is 36.6 Å². The van der Waals surface area contributed by atoms with Gasteiger partial charge in [0.05, 0.1) is 24.3 Å². The van der Waals surface area contributed by atoms with Gasteiger partial charge in [0, 0.05) is 6.42 Å². The number of rotatable bonds is 4. The summed E-state index contributed by atoms with van der Waals surface area (Å²) in [4.78, 5) is 11.5. The van der Waals surface area contributed by atoms with Gasteiger partial charge in [0.25, 0.3) is 0 Å². The molecule has 0 fully saturated rings. The van der Waals surface area contributed by atoms with Crippen LogP contribution in [-0.2, 0) is 11.2 Å². The Morgan fingerprint density at radius 1 is 1.28 bits per heavy atom. The number of aryl methyl sites for hydroxylation is 1. The molecule has 0 saturated carbocycles. The van der Waals surface area contributed by atoms with E-state index in [4.69, 9.17) is 14.4 Å². The van der Waals surface area contributed by atoms with Gasteiger partial charge in [0.1, 0.15) is 11.5 Å². The molecular formula is C14H11NO3. The van der Waals surface area contributed by atoms with Gasteiger partial charge in [-0.3, -0.25) is 4.79 Å². The van der Waals surface area contributed by atoms with Crippen LogP contribution in [-0.4, -0.2) is 5.97 Å². The molecule has 0 radical (unpaired) electrons. The van der Waals surface area contributed by atoms with Crippen molar-refractivity contribution in [2.45, 2.75) is 12.8 Å². The third kappa shape index (κ3) is 3.22. The molecule has 1 aromatic carbocycles. The Labute approximate surface area is 104 Å². The van der Waals surface area contributed by atoms with E-state index in [0.717, 1.165) is 5.76 Å². The lowest BCUT2D eigenvalue weighted by molar-refractivity contribution is -0.134. The quantitative estimate of drug-likeness (QED) is 0.609. The molecule has 0 atom stereocenters. The van der Waals surface area contributed by atoms with Crippen LogP contribution in [0.1, 0.15) is 17.7 Å². The molecule has 1 heterocycles. The van der Waals surface area contributed by atoms with Gasteiger partial charge in [-0.15, -0.1) is 0 Å². The molecule has 0 N–H and O–H groups in total. The Bertz CT molecular complexity index is 550. The number of ether oxygens (including phenoxy) is 1. The molecule has 0 unspecified atom stereocenters. The second-order valence-electron chi connectivity index (χ2n) is 3.69. The summed E-state index contributed by atoms with van der Waals surface area (Å²) >= 11 is 0. The Morgan fingerprint density at radius 2 is 2.06 bits per heavy atom. The van der Waals surface area contributed by atoms with Gasteiger partial charge in [0.15, 0.2) is 0 Å². The normalized spacial score (nSPS) is 9.72. The first kappa shape index (κ1) is 11.9. The topological polar surface area (TPSA) is 63.2 Å². The maximum atomic E-state index is 11.5. The van der Waals surface area contributed by atoms with Crippen molar-refractivity contribution < 1.29 is 13.9 Å². The number of esters is 1. The molecule has 90 valence electrons. The van der Waals surface area contributed by atoms with E-state index in [-0.39, 0.29) is 12.4 Å². The van der Waals surface area contributed by atoms with Crippen LogP contribution in [0.2, 0.25) is 0 Å². The van der Waals surface area contributed by atoms with Gasteiger partial charge >= 0.3 is 5.97 Å². The SMILES string of the molecule is N#Cc1ccc(OC(=O)CCc2ccco2)cc1. The number of carbonyl (C=O) groups excluding carboxylic acids is 1. The minimum absolute atomic E-state index is 0.257. The number of furan rings is 1. The second kappa shape index (κ2) is 5.69. The van der Waals surface area contributed by atoms with Crippen molar-refractivity contribution in [1.82, 2.24) is 0 Å². The summed E-state index contributed by atoms with van der Waals surface area (Å²) in [5.74, 6) is 0.876. The van der Waals surface area contributed by atoms with E-state index in [0.29, 0.717) is 17.7 Å². The van der Waals surface area contributed by atoms with Gasteiger partial charge in [-0.05, 0) is 36.4 Å². The molecule has 1 aromatic heterocycles. The number of nitrogens with zero attached hydrogens (tertiary/aromatic N) is 1. The zero-order chi connectivity index (χ0) is 12.8. The largest absolute Gasteiger partial charge is 0.469 e. The van der Waals surface area contributed by atoms with E-state index in [1.807, 2.05) is 12.1 Å². The van der Waals surface area contributed by atoms with E-state index >= 15 is 0 Å². The average molecular weight is 241 g/mol. The van der Waals surface area contributed by atoms with Crippen molar-refractivity contribution in [2.75, 3.05) is 0 Å². The van der Waals surface area contributed by atoms with Crippen molar-refractivity contribution in [1.29, 1.82) is 5.26 Å². The smallest absolute Gasteiger partial charge is 0.311 e. The summed E-state index contributed by atoms with van der Waals surface area (Å²) in [6.45, 7) is 0. The molecule has 0 aliphatic rings. The summed E-state index contributed by atoms with van der Waals surface area (Å²) in [5.41, 5.74) is 0.533. The van der Waals surface area contributed by atoms with Crippen molar-refractivity contribution in [3.63, 3.8) is 0 Å². The summed E-state index contributed by atoms with van der Waals surface area (Å²) < 4.78 is 10.2. The molecule has 4 heteroatoms. The zero-order valence-corrected chi connectivity index (χ0v) is 9.63. The molecule has 0 spiro atoms. The van der Waals surface area contributed by atoms with Gasteiger partial charge in [0.2, 0.25) is 0 Å². The lowest BCUT2D eigenvalue weighted by atomic mass is 10.2. The maximum absolute atomic E-state index is 11.5. The molecule has 0 saturated heterocycles. The third-order valence-electron chi connectivity index (χ3n) is 2.37. The minimum Gasteiger partial charge on any atom is -0.469 e. The summed E-state index contributed by atoms with van der Waals surface area (Å²) in [5, 5.41) is 8.63. The monoisotopic (exact) mass is 241 g/mol. The highest BCUT2D eigenvalue weighted by Crippen LogP contribution is 2.13.